The Kier molecular flexibility index (Phi) is 3.22. The molecule has 2 nitrogen and oxygen atoms in total. The number of benzene rings is 2. The lowest BCUT2D eigenvalue weighted by Crippen LogP contribution is -1.89. The lowest BCUT2D eigenvalue weighted by Gasteiger charge is -1.97. The van der Waals surface area contributed by atoms with E-state index in [1.54, 1.807) is 0 Å². The van der Waals surface area contributed by atoms with Crippen LogP contribution in [0, 0.1) is 0 Å². The van der Waals surface area contributed by atoms with Gasteiger partial charge in [-0.2, -0.15) is 0 Å². The van der Waals surface area contributed by atoms with E-state index in [-0.39, 0.29) is 0 Å². The van der Waals surface area contributed by atoms with Gasteiger partial charge in [-0.25, -0.2) is 4.98 Å². The summed E-state index contributed by atoms with van der Waals surface area (Å²) in [5.74, 6) is 0.991. The number of nitrogens with zero attached hydrogens (tertiary/aromatic N) is 1. The molecule has 1 N–H and O–H groups in total. The smallest absolute Gasteiger partial charge is 0.111 e. The SMILES string of the molecule is Brc1ccc(Cc2nc3ccc(Br)cc3[nH]2)cc1. The number of H-pyrrole nitrogens is 1. The van der Waals surface area contributed by atoms with E-state index in [1.165, 1.54) is 5.56 Å². The maximum atomic E-state index is 4.58. The third-order valence-electron chi connectivity index (χ3n) is 2.78. The fourth-order valence-electron chi connectivity index (χ4n) is 1.91. The van der Waals surface area contributed by atoms with Crippen LogP contribution in [0.25, 0.3) is 11.0 Å². The van der Waals surface area contributed by atoms with Crippen molar-refractivity contribution in [1.82, 2.24) is 9.97 Å². The lowest BCUT2D eigenvalue weighted by molar-refractivity contribution is 1.04. The molecule has 0 amide bonds. The van der Waals surface area contributed by atoms with Crippen molar-refractivity contribution < 1.29 is 0 Å². The first-order valence-corrected chi connectivity index (χ1v) is 7.18. The average molecular weight is 366 g/mol. The molecule has 0 aliphatic rings. The van der Waals surface area contributed by atoms with Crippen LogP contribution < -0.4 is 0 Å². The number of aromatic nitrogens is 2. The zero-order chi connectivity index (χ0) is 12.5. The van der Waals surface area contributed by atoms with E-state index >= 15 is 0 Å². The summed E-state index contributed by atoms with van der Waals surface area (Å²) in [5.41, 5.74) is 3.32. The zero-order valence-electron chi connectivity index (χ0n) is 9.45. The normalized spacial score (nSPS) is 11.0. The summed E-state index contributed by atoms with van der Waals surface area (Å²) in [7, 11) is 0. The number of hydrogen-bond acceptors (Lipinski definition) is 1. The summed E-state index contributed by atoms with van der Waals surface area (Å²) in [4.78, 5) is 7.93. The minimum Gasteiger partial charge on any atom is -0.342 e. The molecule has 0 bridgehead atoms. The van der Waals surface area contributed by atoms with Crippen molar-refractivity contribution in [1.29, 1.82) is 0 Å². The third kappa shape index (κ3) is 2.49. The molecular formula is C14H10Br2N2. The van der Waals surface area contributed by atoms with Crippen LogP contribution in [0.2, 0.25) is 0 Å². The van der Waals surface area contributed by atoms with Gasteiger partial charge in [0.25, 0.3) is 0 Å². The topological polar surface area (TPSA) is 28.7 Å². The Morgan fingerprint density at radius 2 is 1.67 bits per heavy atom. The van der Waals surface area contributed by atoms with Gasteiger partial charge in [-0.1, -0.05) is 44.0 Å². The van der Waals surface area contributed by atoms with Gasteiger partial charge in [0, 0.05) is 15.4 Å². The van der Waals surface area contributed by atoms with E-state index in [0.717, 1.165) is 32.2 Å². The fraction of sp³-hybridized carbons (Fsp3) is 0.0714. The molecule has 0 aliphatic heterocycles. The van der Waals surface area contributed by atoms with Crippen LogP contribution in [0.4, 0.5) is 0 Å². The highest BCUT2D eigenvalue weighted by Crippen LogP contribution is 2.19. The van der Waals surface area contributed by atoms with Crippen LogP contribution in [-0.4, -0.2) is 9.97 Å². The van der Waals surface area contributed by atoms with Crippen molar-refractivity contribution in [3.8, 4) is 0 Å². The predicted octanol–water partition coefficient (Wildman–Crippen LogP) is 4.68. The van der Waals surface area contributed by atoms with Crippen LogP contribution in [0.1, 0.15) is 11.4 Å². The lowest BCUT2D eigenvalue weighted by atomic mass is 10.1. The van der Waals surface area contributed by atoms with E-state index in [2.05, 4.69) is 66.1 Å². The monoisotopic (exact) mass is 364 g/mol. The standard InChI is InChI=1S/C14H10Br2N2/c15-10-3-1-9(2-4-10)7-14-17-12-6-5-11(16)8-13(12)18-14/h1-6,8H,7H2,(H,17,18). The van der Waals surface area contributed by atoms with Gasteiger partial charge >= 0.3 is 0 Å². The summed E-state index contributed by atoms with van der Waals surface area (Å²) in [6.45, 7) is 0. The first kappa shape index (κ1) is 11.9. The number of hydrogen-bond donors (Lipinski definition) is 1. The Morgan fingerprint density at radius 1 is 0.944 bits per heavy atom. The maximum Gasteiger partial charge on any atom is 0.111 e. The number of nitrogens with one attached hydrogen (secondary N) is 1. The Labute approximate surface area is 122 Å². The molecule has 18 heavy (non-hydrogen) atoms. The molecule has 3 rings (SSSR count). The molecule has 0 radical (unpaired) electrons. The Hall–Kier alpha value is -1.13. The van der Waals surface area contributed by atoms with Gasteiger partial charge in [0.2, 0.25) is 0 Å². The molecule has 0 unspecified atom stereocenters. The molecule has 4 heteroatoms. The van der Waals surface area contributed by atoms with Gasteiger partial charge in [-0.05, 0) is 35.9 Å². The first-order valence-electron chi connectivity index (χ1n) is 5.59. The van der Waals surface area contributed by atoms with Crippen molar-refractivity contribution in [2.45, 2.75) is 6.42 Å². The van der Waals surface area contributed by atoms with Gasteiger partial charge < -0.3 is 4.98 Å². The van der Waals surface area contributed by atoms with Gasteiger partial charge in [0.15, 0.2) is 0 Å². The maximum absolute atomic E-state index is 4.58. The predicted molar refractivity (Wildman–Crippen MR) is 80.7 cm³/mol. The van der Waals surface area contributed by atoms with Crippen molar-refractivity contribution in [3.05, 3.63) is 62.8 Å². The van der Waals surface area contributed by atoms with E-state index < -0.39 is 0 Å². The summed E-state index contributed by atoms with van der Waals surface area (Å²) in [5, 5.41) is 0. The molecule has 0 atom stereocenters. The Balaban J connectivity index is 1.92. The molecule has 3 aromatic rings. The van der Waals surface area contributed by atoms with Crippen LogP contribution in [0.5, 0.6) is 0 Å². The molecule has 0 saturated heterocycles. The highest BCUT2D eigenvalue weighted by molar-refractivity contribution is 9.10. The minimum atomic E-state index is 0.819. The number of fused-ring (bicyclic) bond motifs is 1. The molecule has 0 fully saturated rings. The van der Waals surface area contributed by atoms with E-state index in [9.17, 15) is 0 Å². The first-order chi connectivity index (χ1) is 8.70. The van der Waals surface area contributed by atoms with Crippen LogP contribution in [0.3, 0.4) is 0 Å². The van der Waals surface area contributed by atoms with Crippen molar-refractivity contribution in [2.75, 3.05) is 0 Å². The van der Waals surface area contributed by atoms with Crippen molar-refractivity contribution in [3.63, 3.8) is 0 Å². The number of aromatic amines is 1. The van der Waals surface area contributed by atoms with Gasteiger partial charge in [0.1, 0.15) is 5.82 Å². The molecular weight excluding hydrogens is 356 g/mol. The third-order valence-corrected chi connectivity index (χ3v) is 3.80. The summed E-state index contributed by atoms with van der Waals surface area (Å²) in [6.07, 6.45) is 0.819. The highest BCUT2D eigenvalue weighted by atomic mass is 79.9. The second-order valence-corrected chi connectivity index (χ2v) is 5.98. The Morgan fingerprint density at radius 3 is 2.44 bits per heavy atom. The van der Waals surface area contributed by atoms with Crippen LogP contribution in [-0.2, 0) is 6.42 Å². The number of rotatable bonds is 2. The second-order valence-electron chi connectivity index (χ2n) is 4.15. The van der Waals surface area contributed by atoms with Crippen LogP contribution in [0.15, 0.2) is 51.4 Å². The van der Waals surface area contributed by atoms with Crippen LogP contribution >= 0.6 is 31.9 Å². The summed E-state index contributed by atoms with van der Waals surface area (Å²) < 4.78 is 2.16. The molecule has 1 aromatic heterocycles. The Bertz CT molecular complexity index is 687. The van der Waals surface area contributed by atoms with Gasteiger partial charge in [-0.3, -0.25) is 0 Å². The largest absolute Gasteiger partial charge is 0.342 e. The second kappa shape index (κ2) is 4.86. The molecule has 1 heterocycles. The van der Waals surface area contributed by atoms with Crippen molar-refractivity contribution >= 4 is 42.9 Å². The number of halogens is 2. The summed E-state index contributed by atoms with van der Waals surface area (Å²) in [6, 6.07) is 14.4. The summed E-state index contributed by atoms with van der Waals surface area (Å²) >= 11 is 6.90. The molecule has 0 aliphatic carbocycles. The zero-order valence-corrected chi connectivity index (χ0v) is 12.6. The quantitative estimate of drug-likeness (QED) is 0.701. The van der Waals surface area contributed by atoms with E-state index in [0.29, 0.717) is 0 Å². The van der Waals surface area contributed by atoms with Gasteiger partial charge in [0.05, 0.1) is 11.0 Å². The molecule has 0 spiro atoms. The highest BCUT2D eigenvalue weighted by Gasteiger charge is 2.04. The number of imidazole rings is 1. The molecule has 2 aromatic carbocycles. The van der Waals surface area contributed by atoms with E-state index in [4.69, 9.17) is 0 Å². The van der Waals surface area contributed by atoms with Gasteiger partial charge in [-0.15, -0.1) is 0 Å². The molecule has 0 saturated carbocycles. The average Bonchev–Trinajstić information content (AvgIpc) is 2.73. The van der Waals surface area contributed by atoms with E-state index in [1.807, 2.05) is 18.2 Å². The van der Waals surface area contributed by atoms with Crippen molar-refractivity contribution in [2.24, 2.45) is 0 Å². The minimum absolute atomic E-state index is 0.819. The fourth-order valence-corrected chi connectivity index (χ4v) is 2.54. The molecule has 90 valence electrons.